The van der Waals surface area contributed by atoms with Gasteiger partial charge in [0, 0.05) is 0 Å². The molecule has 0 nitrogen and oxygen atoms in total. The standard InChI is InChI=1S/C7H12.W/c1-4-6-7(3)5-2;/h1,4,6H2,2-3H3;/q-2;+2. The Labute approximate surface area is 66.6 Å². The molecule has 0 amide bonds. The van der Waals surface area contributed by atoms with E-state index in [1.807, 2.05) is 6.92 Å². The van der Waals surface area contributed by atoms with Crippen LogP contribution < -0.4 is 0 Å². The van der Waals surface area contributed by atoms with Gasteiger partial charge in [-0.3, -0.25) is 5.57 Å². The predicted molar refractivity (Wildman–Crippen MR) is 32.7 cm³/mol. The van der Waals surface area contributed by atoms with Crippen LogP contribution in [-0.4, -0.2) is 0 Å². The first-order valence-corrected chi connectivity index (χ1v) is 2.60. The summed E-state index contributed by atoms with van der Waals surface area (Å²) in [6.45, 7) is 7.72. The van der Waals surface area contributed by atoms with E-state index in [0.717, 1.165) is 12.8 Å². The smallest absolute Gasteiger partial charge is 0.501 e. The van der Waals surface area contributed by atoms with Crippen LogP contribution in [0.15, 0.2) is 5.57 Å². The minimum Gasteiger partial charge on any atom is -0.501 e. The molecule has 0 bridgehead atoms. The Morgan fingerprint density at radius 3 is 2.25 bits per heavy atom. The maximum absolute atomic E-state index is 3.71. The van der Waals surface area contributed by atoms with Gasteiger partial charge in [0.2, 0.25) is 0 Å². The van der Waals surface area contributed by atoms with Crippen LogP contribution in [0.4, 0.5) is 0 Å². The summed E-state index contributed by atoms with van der Waals surface area (Å²) in [6, 6.07) is 0. The summed E-state index contributed by atoms with van der Waals surface area (Å²) in [4.78, 5) is 0. The zero-order valence-electron chi connectivity index (χ0n) is 5.53. The van der Waals surface area contributed by atoms with E-state index < -0.39 is 0 Å². The SMILES string of the molecule is [CH2-]CCC(C)=[C-]C.[W+2]. The molecular weight excluding hydrogens is 268 g/mol. The molecule has 0 aliphatic heterocycles. The molecule has 0 heterocycles. The van der Waals surface area contributed by atoms with Gasteiger partial charge in [0.15, 0.2) is 0 Å². The van der Waals surface area contributed by atoms with Crippen molar-refractivity contribution in [2.45, 2.75) is 26.7 Å². The molecule has 1 heteroatoms. The predicted octanol–water partition coefficient (Wildman–Crippen LogP) is 2.37. The van der Waals surface area contributed by atoms with Crippen LogP contribution in [0.3, 0.4) is 0 Å². The molecule has 0 N–H and O–H groups in total. The van der Waals surface area contributed by atoms with E-state index in [4.69, 9.17) is 0 Å². The molecule has 0 aliphatic carbocycles. The number of hydrogen-bond donors (Lipinski definition) is 0. The fourth-order valence-electron chi connectivity index (χ4n) is 0.390. The fourth-order valence-corrected chi connectivity index (χ4v) is 0.390. The van der Waals surface area contributed by atoms with Crippen LogP contribution in [0, 0.1) is 13.0 Å². The van der Waals surface area contributed by atoms with Gasteiger partial charge in [0.1, 0.15) is 0 Å². The summed E-state index contributed by atoms with van der Waals surface area (Å²) in [5.74, 6) is 0. The Morgan fingerprint density at radius 2 is 2.12 bits per heavy atom. The molecule has 0 unspecified atom stereocenters. The van der Waals surface area contributed by atoms with Crippen LogP contribution in [-0.2, 0) is 21.1 Å². The van der Waals surface area contributed by atoms with E-state index in [0.29, 0.717) is 0 Å². The molecule has 0 rings (SSSR count). The van der Waals surface area contributed by atoms with Gasteiger partial charge in [0.25, 0.3) is 0 Å². The molecule has 0 fully saturated rings. The first-order chi connectivity index (χ1) is 3.31. The average molecular weight is 280 g/mol. The molecule has 0 aromatic carbocycles. The summed E-state index contributed by atoms with van der Waals surface area (Å²) in [5, 5.41) is 0. The quantitative estimate of drug-likeness (QED) is 0.681. The molecule has 0 aromatic rings. The zero-order chi connectivity index (χ0) is 5.70. The Balaban J connectivity index is 0. The van der Waals surface area contributed by atoms with E-state index in [1.54, 1.807) is 0 Å². The molecule has 8 heavy (non-hydrogen) atoms. The average Bonchev–Trinajstić information content (AvgIpc) is 1.68. The van der Waals surface area contributed by atoms with E-state index in [9.17, 15) is 0 Å². The zero-order valence-corrected chi connectivity index (χ0v) is 8.46. The minimum absolute atomic E-state index is 0. The third-order valence-corrected chi connectivity index (χ3v) is 0.979. The molecule has 0 aromatic heterocycles. The van der Waals surface area contributed by atoms with Gasteiger partial charge >= 0.3 is 21.1 Å². The Kier molecular flexibility index (Phi) is 10.5. The van der Waals surface area contributed by atoms with E-state index in [2.05, 4.69) is 19.9 Å². The van der Waals surface area contributed by atoms with Crippen molar-refractivity contribution in [1.82, 2.24) is 0 Å². The molecule has 0 atom stereocenters. The topological polar surface area (TPSA) is 0 Å². The monoisotopic (exact) mass is 280 g/mol. The first-order valence-electron chi connectivity index (χ1n) is 2.60. The molecule has 0 aliphatic rings. The molecule has 0 spiro atoms. The van der Waals surface area contributed by atoms with Gasteiger partial charge in [0.05, 0.1) is 0 Å². The number of hydrogen-bond acceptors (Lipinski definition) is 0. The molecular formula is C7H12W. The first kappa shape index (κ1) is 11.3. The maximum Gasteiger partial charge on any atom is 2.00 e. The fraction of sp³-hybridized carbons (Fsp3) is 0.571. The van der Waals surface area contributed by atoms with Gasteiger partial charge in [-0.25, -0.2) is 0 Å². The van der Waals surface area contributed by atoms with Crippen LogP contribution >= 0.6 is 0 Å². The maximum atomic E-state index is 3.71. The van der Waals surface area contributed by atoms with Gasteiger partial charge in [-0.2, -0.15) is 13.3 Å². The van der Waals surface area contributed by atoms with Crippen molar-refractivity contribution in [3.63, 3.8) is 0 Å². The van der Waals surface area contributed by atoms with E-state index in [1.165, 1.54) is 5.57 Å². The van der Waals surface area contributed by atoms with Crippen LogP contribution in [0.5, 0.6) is 0 Å². The summed E-state index contributed by atoms with van der Waals surface area (Å²) in [7, 11) is 0. The Hall–Kier alpha value is 0.428. The van der Waals surface area contributed by atoms with Crippen molar-refractivity contribution >= 4 is 0 Å². The minimum atomic E-state index is 0. The summed E-state index contributed by atoms with van der Waals surface area (Å²) in [5.41, 5.74) is 1.31. The molecule has 0 saturated heterocycles. The van der Waals surface area contributed by atoms with Crippen molar-refractivity contribution < 1.29 is 21.1 Å². The molecule has 46 valence electrons. The van der Waals surface area contributed by atoms with Gasteiger partial charge in [-0.15, -0.1) is 0 Å². The van der Waals surface area contributed by atoms with E-state index in [-0.39, 0.29) is 21.1 Å². The van der Waals surface area contributed by atoms with Gasteiger partial charge < -0.3 is 13.0 Å². The van der Waals surface area contributed by atoms with Crippen LogP contribution in [0.1, 0.15) is 26.7 Å². The van der Waals surface area contributed by atoms with E-state index >= 15 is 0 Å². The second-order valence-corrected chi connectivity index (χ2v) is 1.63. The van der Waals surface area contributed by atoms with Crippen LogP contribution in [0.2, 0.25) is 0 Å². The second kappa shape index (κ2) is 7.43. The molecule has 0 saturated carbocycles. The third kappa shape index (κ3) is 6.43. The summed E-state index contributed by atoms with van der Waals surface area (Å²) >= 11 is 0. The normalized spacial score (nSPS) is 10.6. The number of allylic oxidation sites excluding steroid dienone is 2. The van der Waals surface area contributed by atoms with Crippen molar-refractivity contribution in [1.29, 1.82) is 0 Å². The summed E-state index contributed by atoms with van der Waals surface area (Å²) in [6.07, 6.45) is 5.13. The third-order valence-electron chi connectivity index (χ3n) is 0.979. The number of rotatable bonds is 2. The molecule has 0 radical (unpaired) electrons. The van der Waals surface area contributed by atoms with Crippen LogP contribution in [0.25, 0.3) is 0 Å². The largest absolute Gasteiger partial charge is 2.00 e. The van der Waals surface area contributed by atoms with Crippen molar-refractivity contribution in [3.8, 4) is 0 Å². The van der Waals surface area contributed by atoms with Crippen molar-refractivity contribution in [2.24, 2.45) is 0 Å². The summed E-state index contributed by atoms with van der Waals surface area (Å²) < 4.78 is 0. The Bertz CT molecular complexity index is 64.8. The van der Waals surface area contributed by atoms with Crippen molar-refractivity contribution in [2.75, 3.05) is 0 Å². The second-order valence-electron chi connectivity index (χ2n) is 1.63. The van der Waals surface area contributed by atoms with Gasteiger partial charge in [-0.1, -0.05) is 13.3 Å². The van der Waals surface area contributed by atoms with Crippen molar-refractivity contribution in [3.05, 3.63) is 18.6 Å². The Morgan fingerprint density at radius 1 is 1.62 bits per heavy atom. The van der Waals surface area contributed by atoms with Gasteiger partial charge in [-0.05, 0) is 0 Å².